The zero-order valence-corrected chi connectivity index (χ0v) is 10.6. The van der Waals surface area contributed by atoms with Crippen LogP contribution >= 0.6 is 15.9 Å². The first kappa shape index (κ1) is 9.46. The van der Waals surface area contributed by atoms with Crippen LogP contribution in [0.2, 0.25) is 0 Å². The molecule has 15 heavy (non-hydrogen) atoms. The molecular weight excluding hydrogens is 250 g/mol. The van der Waals surface area contributed by atoms with Crippen LogP contribution in [0.1, 0.15) is 35.6 Å². The van der Waals surface area contributed by atoms with E-state index in [1.165, 1.54) is 45.0 Å². The zero-order chi connectivity index (χ0) is 10.6. The quantitative estimate of drug-likeness (QED) is 0.784. The lowest BCUT2D eigenvalue weighted by atomic mass is 10.1. The number of aromatic amines is 1. The second kappa shape index (κ2) is 3.11. The van der Waals surface area contributed by atoms with Crippen molar-refractivity contribution in [3.05, 3.63) is 33.4 Å². The molecule has 0 amide bonds. The van der Waals surface area contributed by atoms with Crippen molar-refractivity contribution in [1.82, 2.24) is 4.98 Å². The number of fused-ring (bicyclic) bond motifs is 1. The number of nitrogens with one attached hydrogen (secondary N) is 1. The van der Waals surface area contributed by atoms with Gasteiger partial charge in [0.25, 0.3) is 0 Å². The smallest absolute Gasteiger partial charge is 0.0500 e. The molecule has 0 atom stereocenters. The van der Waals surface area contributed by atoms with Crippen molar-refractivity contribution in [1.29, 1.82) is 0 Å². The summed E-state index contributed by atoms with van der Waals surface area (Å²) < 4.78 is 1.28. The number of H-pyrrole nitrogens is 1. The van der Waals surface area contributed by atoms with Gasteiger partial charge >= 0.3 is 0 Å². The van der Waals surface area contributed by atoms with Crippen molar-refractivity contribution < 1.29 is 0 Å². The highest BCUT2D eigenvalue weighted by Crippen LogP contribution is 2.45. The van der Waals surface area contributed by atoms with Gasteiger partial charge in [0.05, 0.1) is 0 Å². The predicted molar refractivity (Wildman–Crippen MR) is 67.4 cm³/mol. The van der Waals surface area contributed by atoms with Crippen molar-refractivity contribution in [3.63, 3.8) is 0 Å². The number of benzene rings is 1. The van der Waals surface area contributed by atoms with Crippen molar-refractivity contribution in [2.45, 2.75) is 32.6 Å². The summed E-state index contributed by atoms with van der Waals surface area (Å²) in [6.07, 6.45) is 2.67. The van der Waals surface area contributed by atoms with Crippen LogP contribution in [0, 0.1) is 13.8 Å². The maximum atomic E-state index is 3.72. The van der Waals surface area contributed by atoms with Gasteiger partial charge in [-0.1, -0.05) is 12.1 Å². The third-order valence-electron chi connectivity index (χ3n) is 3.45. The molecule has 1 saturated carbocycles. The monoisotopic (exact) mass is 263 g/mol. The first-order valence-corrected chi connectivity index (χ1v) is 6.25. The van der Waals surface area contributed by atoms with E-state index < -0.39 is 0 Å². The van der Waals surface area contributed by atoms with Gasteiger partial charge in [-0.25, -0.2) is 0 Å². The number of aromatic nitrogens is 1. The molecule has 1 aromatic carbocycles. The van der Waals surface area contributed by atoms with E-state index in [1.54, 1.807) is 0 Å². The minimum atomic E-state index is 0.770. The van der Waals surface area contributed by atoms with Gasteiger partial charge in [0.2, 0.25) is 0 Å². The van der Waals surface area contributed by atoms with E-state index in [0.717, 1.165) is 5.92 Å². The molecule has 1 fully saturated rings. The van der Waals surface area contributed by atoms with Gasteiger partial charge in [0, 0.05) is 27.0 Å². The predicted octanol–water partition coefficient (Wildman–Crippen LogP) is 4.42. The Kier molecular flexibility index (Phi) is 1.96. The van der Waals surface area contributed by atoms with E-state index in [1.807, 2.05) is 0 Å². The molecule has 0 unspecified atom stereocenters. The number of hydrogen-bond acceptors (Lipinski definition) is 0. The molecular formula is C13H14BrN. The second-order valence-electron chi connectivity index (χ2n) is 4.56. The minimum Gasteiger partial charge on any atom is -0.357 e. The maximum Gasteiger partial charge on any atom is 0.0500 e. The normalized spacial score (nSPS) is 16.2. The van der Waals surface area contributed by atoms with Gasteiger partial charge in [-0.2, -0.15) is 0 Å². The Labute approximate surface area is 98.0 Å². The zero-order valence-electron chi connectivity index (χ0n) is 9.02. The molecule has 0 radical (unpaired) electrons. The van der Waals surface area contributed by atoms with E-state index in [0.29, 0.717) is 0 Å². The number of halogens is 1. The van der Waals surface area contributed by atoms with Crippen LogP contribution in [0.3, 0.4) is 0 Å². The van der Waals surface area contributed by atoms with Crippen LogP contribution in [0.4, 0.5) is 0 Å². The summed E-state index contributed by atoms with van der Waals surface area (Å²) in [5.41, 5.74) is 5.45. The van der Waals surface area contributed by atoms with Crippen LogP contribution in [-0.4, -0.2) is 4.98 Å². The molecule has 2 heteroatoms. The average Bonchev–Trinajstić information content (AvgIpc) is 2.99. The molecule has 1 nitrogen and oxygen atoms in total. The highest BCUT2D eigenvalue weighted by Gasteiger charge is 2.28. The molecule has 0 bridgehead atoms. The fraction of sp³-hybridized carbons (Fsp3) is 0.385. The average molecular weight is 264 g/mol. The van der Waals surface area contributed by atoms with Gasteiger partial charge < -0.3 is 4.98 Å². The van der Waals surface area contributed by atoms with Crippen LogP contribution in [-0.2, 0) is 0 Å². The molecule has 78 valence electrons. The maximum absolute atomic E-state index is 3.72. The van der Waals surface area contributed by atoms with Crippen molar-refractivity contribution in [2.75, 3.05) is 0 Å². The van der Waals surface area contributed by atoms with Crippen molar-refractivity contribution in [3.8, 4) is 0 Å². The molecule has 0 aliphatic heterocycles. The lowest BCUT2D eigenvalue weighted by Gasteiger charge is -2.00. The summed E-state index contributed by atoms with van der Waals surface area (Å²) in [6, 6.07) is 4.41. The Morgan fingerprint density at radius 3 is 2.67 bits per heavy atom. The van der Waals surface area contributed by atoms with E-state index in [2.05, 4.69) is 46.9 Å². The van der Waals surface area contributed by atoms with Crippen molar-refractivity contribution in [2.24, 2.45) is 0 Å². The van der Waals surface area contributed by atoms with E-state index in [4.69, 9.17) is 0 Å². The van der Waals surface area contributed by atoms with Gasteiger partial charge in [0.15, 0.2) is 0 Å². The van der Waals surface area contributed by atoms with E-state index in [9.17, 15) is 0 Å². The summed E-state index contributed by atoms with van der Waals surface area (Å²) >= 11 is 3.72. The van der Waals surface area contributed by atoms with E-state index >= 15 is 0 Å². The van der Waals surface area contributed by atoms with E-state index in [-0.39, 0.29) is 0 Å². The first-order chi connectivity index (χ1) is 7.18. The van der Waals surface area contributed by atoms with Crippen molar-refractivity contribution >= 4 is 26.8 Å². The Balaban J connectivity index is 2.34. The minimum absolute atomic E-state index is 0.770. The highest BCUT2D eigenvalue weighted by molar-refractivity contribution is 9.10. The second-order valence-corrected chi connectivity index (χ2v) is 5.35. The molecule has 0 spiro atoms. The van der Waals surface area contributed by atoms with Gasteiger partial charge in [0.1, 0.15) is 0 Å². The third kappa shape index (κ3) is 1.35. The lowest BCUT2D eigenvalue weighted by Crippen LogP contribution is -1.82. The molecule has 1 N–H and O–H groups in total. The molecule has 1 aromatic heterocycles. The van der Waals surface area contributed by atoms with Crippen LogP contribution in [0.15, 0.2) is 16.6 Å². The fourth-order valence-corrected chi connectivity index (χ4v) is 2.90. The number of rotatable bonds is 1. The van der Waals surface area contributed by atoms with Crippen LogP contribution < -0.4 is 0 Å². The Bertz CT molecular complexity index is 535. The Morgan fingerprint density at radius 2 is 2.00 bits per heavy atom. The number of aryl methyl sites for hydroxylation is 2. The Hall–Kier alpha value is -0.760. The van der Waals surface area contributed by atoms with Gasteiger partial charge in [-0.3, -0.25) is 0 Å². The summed E-state index contributed by atoms with van der Waals surface area (Å²) in [6.45, 7) is 4.36. The Morgan fingerprint density at radius 1 is 1.27 bits per heavy atom. The van der Waals surface area contributed by atoms with Gasteiger partial charge in [-0.05, 0) is 53.7 Å². The molecule has 1 aliphatic carbocycles. The molecule has 0 saturated heterocycles. The lowest BCUT2D eigenvalue weighted by molar-refractivity contribution is 1.05. The standard InChI is InChI=1S/C13H14BrN/c1-7-3-6-10-11(14)13(9-4-5-9)15-12(10)8(7)2/h3,6,9,15H,4-5H2,1-2H3. The molecule has 2 aromatic rings. The summed E-state index contributed by atoms with van der Waals surface area (Å²) in [4.78, 5) is 3.59. The van der Waals surface area contributed by atoms with Crippen LogP contribution in [0.25, 0.3) is 10.9 Å². The van der Waals surface area contributed by atoms with Gasteiger partial charge in [-0.15, -0.1) is 0 Å². The largest absolute Gasteiger partial charge is 0.357 e. The number of hydrogen-bond donors (Lipinski definition) is 1. The SMILES string of the molecule is Cc1ccc2c(Br)c(C3CC3)[nH]c2c1C. The molecule has 1 aliphatic rings. The summed E-state index contributed by atoms with van der Waals surface area (Å²) in [7, 11) is 0. The molecule has 3 rings (SSSR count). The van der Waals surface area contributed by atoms with Crippen LogP contribution in [0.5, 0.6) is 0 Å². The molecule has 1 heterocycles. The summed E-state index contributed by atoms with van der Waals surface area (Å²) in [5, 5.41) is 1.33. The highest BCUT2D eigenvalue weighted by atomic mass is 79.9. The first-order valence-electron chi connectivity index (χ1n) is 5.45. The summed E-state index contributed by atoms with van der Waals surface area (Å²) in [5.74, 6) is 0.770. The third-order valence-corrected chi connectivity index (χ3v) is 4.31. The fourth-order valence-electron chi connectivity index (χ4n) is 2.15. The topological polar surface area (TPSA) is 15.8 Å².